The first kappa shape index (κ1) is 22.9. The number of nitrogens with one attached hydrogen (secondary N) is 2. The Hall–Kier alpha value is -1.80. The van der Waals surface area contributed by atoms with E-state index < -0.39 is 15.9 Å². The normalized spacial score (nSPS) is 15.0. The molecule has 0 spiro atoms. The number of halogens is 2. The molecule has 0 unspecified atom stereocenters. The SMILES string of the molecule is Cc1cc(S(=O)(=O)NC2CCCCC2)ccc1OCC(=O)Nc1cccc(Cl)c1Cl. The van der Waals surface area contributed by atoms with Crippen molar-refractivity contribution in [2.75, 3.05) is 11.9 Å². The molecule has 6 nitrogen and oxygen atoms in total. The van der Waals surface area contributed by atoms with E-state index in [1.165, 1.54) is 6.07 Å². The van der Waals surface area contributed by atoms with Gasteiger partial charge in [0.2, 0.25) is 10.0 Å². The fraction of sp³-hybridized carbons (Fsp3) is 0.381. The predicted octanol–water partition coefficient (Wildman–Crippen LogP) is 4.93. The first-order valence-electron chi connectivity index (χ1n) is 9.76. The Kier molecular flexibility index (Phi) is 7.63. The maximum Gasteiger partial charge on any atom is 0.262 e. The second kappa shape index (κ2) is 10.0. The van der Waals surface area contributed by atoms with Gasteiger partial charge >= 0.3 is 0 Å². The average molecular weight is 471 g/mol. The summed E-state index contributed by atoms with van der Waals surface area (Å²) in [5.74, 6) is 0.0215. The quantitative estimate of drug-likeness (QED) is 0.600. The highest BCUT2D eigenvalue weighted by Crippen LogP contribution is 2.29. The molecular formula is C21H24Cl2N2O4S. The number of carbonyl (C=O) groups excluding carboxylic acids is 1. The minimum atomic E-state index is -3.59. The van der Waals surface area contributed by atoms with Gasteiger partial charge in [-0.3, -0.25) is 4.79 Å². The fourth-order valence-corrected chi connectivity index (χ4v) is 5.13. The van der Waals surface area contributed by atoms with Crippen molar-refractivity contribution < 1.29 is 17.9 Å². The van der Waals surface area contributed by atoms with Gasteiger partial charge in [-0.2, -0.15) is 0 Å². The van der Waals surface area contributed by atoms with Crippen LogP contribution in [0.5, 0.6) is 5.75 Å². The largest absolute Gasteiger partial charge is 0.483 e. The van der Waals surface area contributed by atoms with Gasteiger partial charge in [0.15, 0.2) is 6.61 Å². The molecule has 2 aromatic carbocycles. The number of rotatable bonds is 7. The fourth-order valence-electron chi connectivity index (χ4n) is 3.39. The van der Waals surface area contributed by atoms with Gasteiger partial charge < -0.3 is 10.1 Å². The Balaban J connectivity index is 1.61. The van der Waals surface area contributed by atoms with Gasteiger partial charge in [-0.15, -0.1) is 0 Å². The number of sulfonamides is 1. The molecule has 1 fully saturated rings. The molecule has 1 amide bonds. The van der Waals surface area contributed by atoms with E-state index in [1.54, 1.807) is 37.3 Å². The molecule has 30 heavy (non-hydrogen) atoms. The van der Waals surface area contributed by atoms with Crippen molar-refractivity contribution in [2.45, 2.75) is 50.0 Å². The van der Waals surface area contributed by atoms with Crippen molar-refractivity contribution in [3.63, 3.8) is 0 Å². The highest BCUT2D eigenvalue weighted by molar-refractivity contribution is 7.89. The Morgan fingerprint density at radius 2 is 1.87 bits per heavy atom. The predicted molar refractivity (Wildman–Crippen MR) is 119 cm³/mol. The first-order valence-corrected chi connectivity index (χ1v) is 12.0. The van der Waals surface area contributed by atoms with Gasteiger partial charge in [0.25, 0.3) is 5.91 Å². The summed E-state index contributed by atoms with van der Waals surface area (Å²) in [6.45, 7) is 1.48. The van der Waals surface area contributed by atoms with Crippen molar-refractivity contribution in [2.24, 2.45) is 0 Å². The van der Waals surface area contributed by atoms with Gasteiger partial charge in [-0.25, -0.2) is 13.1 Å². The number of hydrogen-bond donors (Lipinski definition) is 2. The van der Waals surface area contributed by atoms with Gasteiger partial charge in [0, 0.05) is 6.04 Å². The molecule has 3 rings (SSSR count). The zero-order chi connectivity index (χ0) is 21.7. The third-order valence-corrected chi connectivity index (χ3v) is 7.31. The van der Waals surface area contributed by atoms with Crippen LogP contribution < -0.4 is 14.8 Å². The number of benzene rings is 2. The molecule has 0 atom stereocenters. The average Bonchev–Trinajstić information content (AvgIpc) is 2.71. The second-order valence-electron chi connectivity index (χ2n) is 7.32. The number of hydrogen-bond acceptors (Lipinski definition) is 4. The third-order valence-electron chi connectivity index (χ3n) is 4.97. The summed E-state index contributed by atoms with van der Waals surface area (Å²) >= 11 is 12.0. The molecule has 0 heterocycles. The van der Waals surface area contributed by atoms with E-state index in [4.69, 9.17) is 27.9 Å². The van der Waals surface area contributed by atoms with Crippen molar-refractivity contribution in [3.05, 3.63) is 52.0 Å². The minimum Gasteiger partial charge on any atom is -0.483 e. The monoisotopic (exact) mass is 470 g/mol. The molecule has 1 aliphatic rings. The highest BCUT2D eigenvalue weighted by Gasteiger charge is 2.22. The summed E-state index contributed by atoms with van der Waals surface area (Å²) in [5, 5.41) is 3.23. The molecule has 1 saturated carbocycles. The summed E-state index contributed by atoms with van der Waals surface area (Å²) in [6, 6.07) is 9.52. The summed E-state index contributed by atoms with van der Waals surface area (Å²) in [7, 11) is -3.59. The lowest BCUT2D eigenvalue weighted by Gasteiger charge is -2.22. The first-order chi connectivity index (χ1) is 14.3. The van der Waals surface area contributed by atoms with Crippen molar-refractivity contribution >= 4 is 44.8 Å². The molecule has 2 aromatic rings. The van der Waals surface area contributed by atoms with E-state index >= 15 is 0 Å². The molecule has 1 aliphatic carbocycles. The Bertz CT molecular complexity index is 1020. The second-order valence-corrected chi connectivity index (χ2v) is 9.82. The van der Waals surface area contributed by atoms with Crippen LogP contribution in [0, 0.1) is 6.92 Å². The van der Waals surface area contributed by atoms with Crippen LogP contribution in [-0.2, 0) is 14.8 Å². The van der Waals surface area contributed by atoms with Gasteiger partial charge in [-0.05, 0) is 55.7 Å². The zero-order valence-corrected chi connectivity index (χ0v) is 18.9. The summed E-state index contributed by atoms with van der Waals surface area (Å²) < 4.78 is 33.7. The smallest absolute Gasteiger partial charge is 0.262 e. The zero-order valence-electron chi connectivity index (χ0n) is 16.6. The molecule has 0 aliphatic heterocycles. The standard InChI is InChI=1S/C21H24Cl2N2O4S/c1-14-12-16(30(27,28)25-15-6-3-2-4-7-15)10-11-19(14)29-13-20(26)24-18-9-5-8-17(22)21(18)23/h5,8-12,15,25H,2-4,6-7,13H2,1H3,(H,24,26). The third kappa shape index (κ3) is 5.88. The van der Waals surface area contributed by atoms with Crippen molar-refractivity contribution in [3.8, 4) is 5.75 Å². The van der Waals surface area contributed by atoms with Crippen LogP contribution >= 0.6 is 23.2 Å². The molecule has 2 N–H and O–H groups in total. The lowest BCUT2D eigenvalue weighted by atomic mass is 9.96. The number of amides is 1. The van der Waals surface area contributed by atoms with Crippen LogP contribution in [0.3, 0.4) is 0 Å². The number of anilines is 1. The van der Waals surface area contributed by atoms with Crippen LogP contribution in [0.1, 0.15) is 37.7 Å². The Labute approximate surface area is 187 Å². The summed E-state index contributed by atoms with van der Waals surface area (Å²) in [5.41, 5.74) is 1.01. The Morgan fingerprint density at radius 3 is 2.57 bits per heavy atom. The van der Waals surface area contributed by atoms with Crippen LogP contribution in [0.4, 0.5) is 5.69 Å². The summed E-state index contributed by atoms with van der Waals surface area (Å²) in [6.07, 6.45) is 4.97. The van der Waals surface area contributed by atoms with E-state index in [9.17, 15) is 13.2 Å². The maximum absolute atomic E-state index is 12.7. The van der Waals surface area contributed by atoms with Crippen molar-refractivity contribution in [1.29, 1.82) is 0 Å². The Morgan fingerprint density at radius 1 is 1.13 bits per heavy atom. The van der Waals surface area contributed by atoms with Gasteiger partial charge in [0.05, 0.1) is 20.6 Å². The van der Waals surface area contributed by atoms with Gasteiger partial charge in [0.1, 0.15) is 5.75 Å². The number of aryl methyl sites for hydroxylation is 1. The lowest BCUT2D eigenvalue weighted by molar-refractivity contribution is -0.118. The molecule has 0 bridgehead atoms. The minimum absolute atomic E-state index is 0.0120. The maximum atomic E-state index is 12.7. The van der Waals surface area contributed by atoms with E-state index in [-0.39, 0.29) is 22.6 Å². The van der Waals surface area contributed by atoms with E-state index in [0.717, 1.165) is 32.1 Å². The molecule has 0 radical (unpaired) electrons. The van der Waals surface area contributed by atoms with Crippen LogP contribution in [-0.4, -0.2) is 27.0 Å². The van der Waals surface area contributed by atoms with E-state index in [0.29, 0.717) is 22.0 Å². The molecule has 162 valence electrons. The summed E-state index contributed by atoms with van der Waals surface area (Å²) in [4.78, 5) is 12.4. The number of carbonyl (C=O) groups is 1. The van der Waals surface area contributed by atoms with Crippen LogP contribution in [0.15, 0.2) is 41.3 Å². The highest BCUT2D eigenvalue weighted by atomic mass is 35.5. The van der Waals surface area contributed by atoms with Gasteiger partial charge in [-0.1, -0.05) is 48.5 Å². The molecule has 9 heteroatoms. The molecule has 0 saturated heterocycles. The number of ether oxygens (including phenoxy) is 1. The van der Waals surface area contributed by atoms with E-state index in [2.05, 4.69) is 10.0 Å². The van der Waals surface area contributed by atoms with E-state index in [1.807, 2.05) is 0 Å². The topological polar surface area (TPSA) is 84.5 Å². The van der Waals surface area contributed by atoms with Crippen LogP contribution in [0.25, 0.3) is 0 Å². The van der Waals surface area contributed by atoms with Crippen molar-refractivity contribution in [1.82, 2.24) is 4.72 Å². The molecular weight excluding hydrogens is 447 g/mol. The van der Waals surface area contributed by atoms with Crippen LogP contribution in [0.2, 0.25) is 10.0 Å². The lowest BCUT2D eigenvalue weighted by Crippen LogP contribution is -2.36. The molecule has 0 aromatic heterocycles.